The minimum atomic E-state index is -0.738. The SMILES string of the molecule is O=C(Nc1c([N+](=O)[O-])ccc2ccccc12)OCc1ccccc1. The first-order valence-electron chi connectivity index (χ1n) is 7.29. The number of hydrogen-bond donors (Lipinski definition) is 1. The molecule has 0 aliphatic rings. The van der Waals surface area contributed by atoms with Crippen molar-refractivity contribution < 1.29 is 14.5 Å². The number of fused-ring (bicyclic) bond motifs is 1. The van der Waals surface area contributed by atoms with Gasteiger partial charge >= 0.3 is 6.09 Å². The molecule has 1 amide bonds. The van der Waals surface area contributed by atoms with Crippen LogP contribution < -0.4 is 5.32 Å². The maximum atomic E-state index is 12.0. The summed E-state index contributed by atoms with van der Waals surface area (Å²) in [6.07, 6.45) is -0.738. The summed E-state index contributed by atoms with van der Waals surface area (Å²) in [5.41, 5.74) is 0.793. The number of carbonyl (C=O) groups excluding carboxylic acids is 1. The highest BCUT2D eigenvalue weighted by molar-refractivity contribution is 6.04. The molecule has 24 heavy (non-hydrogen) atoms. The second-order valence-electron chi connectivity index (χ2n) is 5.12. The lowest BCUT2D eigenvalue weighted by molar-refractivity contribution is -0.383. The Bertz CT molecular complexity index is 894. The van der Waals surface area contributed by atoms with E-state index in [0.29, 0.717) is 5.39 Å². The van der Waals surface area contributed by atoms with Crippen LogP contribution >= 0.6 is 0 Å². The fourth-order valence-corrected chi connectivity index (χ4v) is 2.40. The first-order chi connectivity index (χ1) is 11.6. The van der Waals surface area contributed by atoms with Gasteiger partial charge in [0.25, 0.3) is 5.69 Å². The molecule has 6 nitrogen and oxygen atoms in total. The summed E-state index contributed by atoms with van der Waals surface area (Å²) in [6.45, 7) is 0.0885. The molecule has 0 atom stereocenters. The topological polar surface area (TPSA) is 81.5 Å². The molecule has 0 radical (unpaired) electrons. The zero-order valence-electron chi connectivity index (χ0n) is 12.6. The minimum absolute atomic E-state index is 0.0885. The van der Waals surface area contributed by atoms with Crippen LogP contribution in [0.3, 0.4) is 0 Å². The average Bonchev–Trinajstić information content (AvgIpc) is 2.61. The van der Waals surface area contributed by atoms with E-state index < -0.39 is 11.0 Å². The molecule has 0 heterocycles. The van der Waals surface area contributed by atoms with Crippen molar-refractivity contribution in [2.45, 2.75) is 6.61 Å². The molecule has 0 saturated carbocycles. The third kappa shape index (κ3) is 3.33. The van der Waals surface area contributed by atoms with Crippen molar-refractivity contribution >= 4 is 28.2 Å². The first-order valence-corrected chi connectivity index (χ1v) is 7.29. The fourth-order valence-electron chi connectivity index (χ4n) is 2.40. The monoisotopic (exact) mass is 322 g/mol. The summed E-state index contributed by atoms with van der Waals surface area (Å²) in [4.78, 5) is 22.8. The molecule has 6 heteroatoms. The van der Waals surface area contributed by atoms with Gasteiger partial charge in [-0.2, -0.15) is 0 Å². The van der Waals surface area contributed by atoms with E-state index in [1.165, 1.54) is 6.07 Å². The second-order valence-corrected chi connectivity index (χ2v) is 5.12. The van der Waals surface area contributed by atoms with Crippen molar-refractivity contribution in [3.63, 3.8) is 0 Å². The molecular formula is C18H14N2O4. The highest BCUT2D eigenvalue weighted by Crippen LogP contribution is 2.33. The van der Waals surface area contributed by atoms with Crippen molar-refractivity contribution in [3.05, 3.63) is 82.4 Å². The highest BCUT2D eigenvalue weighted by Gasteiger charge is 2.19. The van der Waals surface area contributed by atoms with E-state index in [1.54, 1.807) is 18.2 Å². The molecule has 0 unspecified atom stereocenters. The smallest absolute Gasteiger partial charge is 0.412 e. The van der Waals surface area contributed by atoms with Crippen molar-refractivity contribution in [2.24, 2.45) is 0 Å². The lowest BCUT2D eigenvalue weighted by Gasteiger charge is -2.10. The van der Waals surface area contributed by atoms with E-state index in [2.05, 4.69) is 5.32 Å². The number of nitrogens with zero attached hydrogens (tertiary/aromatic N) is 1. The zero-order valence-corrected chi connectivity index (χ0v) is 12.6. The van der Waals surface area contributed by atoms with Crippen LogP contribution in [0.1, 0.15) is 5.56 Å². The van der Waals surface area contributed by atoms with Crippen LogP contribution in [-0.4, -0.2) is 11.0 Å². The quantitative estimate of drug-likeness (QED) is 0.566. The Balaban J connectivity index is 1.84. The van der Waals surface area contributed by atoms with Crippen LogP contribution in [0, 0.1) is 10.1 Å². The van der Waals surface area contributed by atoms with E-state index in [4.69, 9.17) is 4.74 Å². The zero-order chi connectivity index (χ0) is 16.9. The molecule has 0 aromatic heterocycles. The maximum absolute atomic E-state index is 12.0. The third-order valence-corrected chi connectivity index (χ3v) is 3.54. The standard InChI is InChI=1S/C18H14N2O4/c21-18(24-12-13-6-2-1-3-7-13)19-17-15-9-5-4-8-14(15)10-11-16(17)20(22)23/h1-11H,12H2,(H,19,21). The Morgan fingerprint density at radius 2 is 1.71 bits per heavy atom. The van der Waals surface area contributed by atoms with Gasteiger partial charge in [0.15, 0.2) is 0 Å². The Morgan fingerprint density at radius 1 is 1.00 bits per heavy atom. The van der Waals surface area contributed by atoms with Gasteiger partial charge in [-0.05, 0) is 17.0 Å². The van der Waals surface area contributed by atoms with Gasteiger partial charge in [0.05, 0.1) is 4.92 Å². The van der Waals surface area contributed by atoms with Crippen molar-refractivity contribution in [1.29, 1.82) is 0 Å². The number of nitro groups is 1. The molecular weight excluding hydrogens is 308 g/mol. The molecule has 3 aromatic rings. The van der Waals surface area contributed by atoms with E-state index in [-0.39, 0.29) is 18.0 Å². The first kappa shape index (κ1) is 15.5. The van der Waals surface area contributed by atoms with Crippen LogP contribution in [0.5, 0.6) is 0 Å². The number of anilines is 1. The van der Waals surface area contributed by atoms with E-state index in [1.807, 2.05) is 42.5 Å². The average molecular weight is 322 g/mol. The van der Waals surface area contributed by atoms with Crippen molar-refractivity contribution in [1.82, 2.24) is 0 Å². The molecule has 0 aliphatic carbocycles. The van der Waals surface area contributed by atoms with Gasteiger partial charge < -0.3 is 4.74 Å². The number of benzene rings is 3. The number of nitrogens with one attached hydrogen (secondary N) is 1. The normalized spacial score (nSPS) is 10.3. The van der Waals surface area contributed by atoms with E-state index in [0.717, 1.165) is 10.9 Å². The largest absolute Gasteiger partial charge is 0.444 e. The van der Waals surface area contributed by atoms with Crippen LogP contribution in [0.15, 0.2) is 66.7 Å². The number of rotatable bonds is 4. The predicted octanol–water partition coefficient (Wildman–Crippen LogP) is 4.50. The Kier molecular flexibility index (Phi) is 4.38. The number of ether oxygens (including phenoxy) is 1. The molecule has 3 rings (SSSR count). The minimum Gasteiger partial charge on any atom is -0.444 e. The molecule has 120 valence electrons. The summed E-state index contributed by atoms with van der Waals surface area (Å²) in [5.74, 6) is 0. The highest BCUT2D eigenvalue weighted by atomic mass is 16.6. The molecule has 0 spiro atoms. The summed E-state index contributed by atoms with van der Waals surface area (Å²) >= 11 is 0. The second kappa shape index (κ2) is 6.78. The number of hydrogen-bond acceptors (Lipinski definition) is 4. The van der Waals surface area contributed by atoms with Gasteiger partial charge in [0.1, 0.15) is 12.3 Å². The van der Waals surface area contributed by atoms with Crippen LogP contribution in [-0.2, 0) is 11.3 Å². The van der Waals surface area contributed by atoms with Gasteiger partial charge in [-0.1, -0.05) is 54.6 Å². The summed E-state index contributed by atoms with van der Waals surface area (Å²) in [7, 11) is 0. The molecule has 0 fully saturated rings. The number of carbonyl (C=O) groups is 1. The van der Waals surface area contributed by atoms with Crippen molar-refractivity contribution in [2.75, 3.05) is 5.32 Å². The lowest BCUT2D eigenvalue weighted by atomic mass is 10.1. The maximum Gasteiger partial charge on any atom is 0.412 e. The molecule has 0 saturated heterocycles. The van der Waals surface area contributed by atoms with Crippen molar-refractivity contribution in [3.8, 4) is 0 Å². The van der Waals surface area contributed by atoms with Gasteiger partial charge in [-0.15, -0.1) is 0 Å². The summed E-state index contributed by atoms with van der Waals surface area (Å²) in [5, 5.41) is 15.1. The molecule has 0 bridgehead atoms. The van der Waals surface area contributed by atoms with Gasteiger partial charge in [0, 0.05) is 11.5 Å². The lowest BCUT2D eigenvalue weighted by Crippen LogP contribution is -2.15. The van der Waals surface area contributed by atoms with Crippen LogP contribution in [0.25, 0.3) is 10.8 Å². The van der Waals surface area contributed by atoms with Gasteiger partial charge in [-0.3, -0.25) is 15.4 Å². The van der Waals surface area contributed by atoms with Gasteiger partial charge in [-0.25, -0.2) is 4.79 Å². The molecule has 1 N–H and O–H groups in total. The van der Waals surface area contributed by atoms with Crippen LogP contribution in [0.2, 0.25) is 0 Å². The van der Waals surface area contributed by atoms with E-state index >= 15 is 0 Å². The molecule has 0 aliphatic heterocycles. The summed E-state index contributed by atoms with van der Waals surface area (Å²) < 4.78 is 5.14. The Morgan fingerprint density at radius 3 is 2.46 bits per heavy atom. The Labute approximate surface area is 137 Å². The van der Waals surface area contributed by atoms with E-state index in [9.17, 15) is 14.9 Å². The fraction of sp³-hybridized carbons (Fsp3) is 0.0556. The van der Waals surface area contributed by atoms with Crippen LogP contribution in [0.4, 0.5) is 16.2 Å². The predicted molar refractivity (Wildman–Crippen MR) is 90.9 cm³/mol. The number of nitro benzene ring substituents is 1. The third-order valence-electron chi connectivity index (χ3n) is 3.54. The van der Waals surface area contributed by atoms with Gasteiger partial charge in [0.2, 0.25) is 0 Å². The summed E-state index contributed by atoms with van der Waals surface area (Å²) in [6, 6.07) is 19.3. The molecule has 3 aromatic carbocycles. The Hall–Kier alpha value is -3.41. The number of amides is 1.